The van der Waals surface area contributed by atoms with Crippen molar-refractivity contribution >= 4 is 23.5 Å². The summed E-state index contributed by atoms with van der Waals surface area (Å²) >= 11 is 1.58. The molecule has 0 atom stereocenters. The van der Waals surface area contributed by atoms with Crippen LogP contribution in [0.15, 0.2) is 35.5 Å². The molecule has 2 N–H and O–H groups in total. The summed E-state index contributed by atoms with van der Waals surface area (Å²) in [6, 6.07) is 9.69. The minimum absolute atomic E-state index is 0.0280. The molecule has 0 spiro atoms. The highest BCUT2D eigenvalue weighted by atomic mass is 32.2. The first-order valence-corrected chi connectivity index (χ1v) is 9.65. The van der Waals surface area contributed by atoms with Crippen LogP contribution in [0.25, 0.3) is 0 Å². The lowest BCUT2D eigenvalue weighted by Gasteiger charge is -2.13. The Kier molecular flexibility index (Phi) is 7.41. The molecule has 1 aromatic carbocycles. The van der Waals surface area contributed by atoms with Gasteiger partial charge in [-0.3, -0.25) is 4.79 Å². The summed E-state index contributed by atoms with van der Waals surface area (Å²) in [5.74, 6) is 1.59. The molecule has 0 radical (unpaired) electrons. The lowest BCUT2D eigenvalue weighted by molar-refractivity contribution is -0.856. The zero-order valence-electron chi connectivity index (χ0n) is 16.2. The molecule has 0 fully saturated rings. The maximum absolute atomic E-state index is 12.3. The van der Waals surface area contributed by atoms with E-state index < -0.39 is 0 Å². The van der Waals surface area contributed by atoms with Gasteiger partial charge < -0.3 is 15.1 Å². The number of aryl methyl sites for hydroxylation is 1. The number of thioether (sulfide) groups is 1. The fraction of sp³-hybridized carbons (Fsp3) is 0.421. The Morgan fingerprint density at radius 1 is 1.23 bits per heavy atom. The fourth-order valence-corrected chi connectivity index (χ4v) is 3.14. The van der Waals surface area contributed by atoms with E-state index in [0.717, 1.165) is 34.5 Å². The number of nitrogens with one attached hydrogen (secondary N) is 2. The molecule has 6 nitrogen and oxygen atoms in total. The van der Waals surface area contributed by atoms with Gasteiger partial charge in [0.05, 0.1) is 27.2 Å². The minimum Gasteiger partial charge on any atom is -0.363 e. The molecule has 0 unspecified atom stereocenters. The van der Waals surface area contributed by atoms with Crippen LogP contribution in [0.3, 0.4) is 0 Å². The van der Waals surface area contributed by atoms with Gasteiger partial charge >= 0.3 is 0 Å². The highest BCUT2D eigenvalue weighted by Crippen LogP contribution is 2.22. The van der Waals surface area contributed by atoms with Gasteiger partial charge in [0.15, 0.2) is 5.16 Å². The molecule has 0 aliphatic heterocycles. The summed E-state index contributed by atoms with van der Waals surface area (Å²) in [5.41, 5.74) is 2.72. The van der Waals surface area contributed by atoms with Crippen molar-refractivity contribution in [3.63, 3.8) is 0 Å². The van der Waals surface area contributed by atoms with Crippen molar-refractivity contribution in [3.05, 3.63) is 47.2 Å². The Hall–Kier alpha value is -2.12. The molecule has 26 heavy (non-hydrogen) atoms. The molecule has 2 aromatic rings. The molecular weight excluding hydrogens is 346 g/mol. The van der Waals surface area contributed by atoms with Crippen LogP contribution in [-0.2, 0) is 5.75 Å². The SMILES string of the molecule is Cc1cc(N(C)C)nc(SCc2cccc(C(=O)NCC[NH+](C)C)c2)n1. The summed E-state index contributed by atoms with van der Waals surface area (Å²) in [5, 5.41) is 3.71. The number of amides is 1. The Bertz CT molecular complexity index is 748. The maximum atomic E-state index is 12.3. The van der Waals surface area contributed by atoms with E-state index in [1.54, 1.807) is 11.8 Å². The number of carbonyl (C=O) groups excluding carboxylic acids is 1. The van der Waals surface area contributed by atoms with Crippen LogP contribution in [0.2, 0.25) is 0 Å². The highest BCUT2D eigenvalue weighted by Gasteiger charge is 2.09. The topological polar surface area (TPSA) is 62.6 Å². The highest BCUT2D eigenvalue weighted by molar-refractivity contribution is 7.98. The second-order valence-corrected chi connectivity index (χ2v) is 7.69. The molecule has 2 rings (SSSR count). The van der Waals surface area contributed by atoms with Crippen LogP contribution in [0, 0.1) is 6.92 Å². The largest absolute Gasteiger partial charge is 0.363 e. The first kappa shape index (κ1) is 20.2. The molecule has 140 valence electrons. The van der Waals surface area contributed by atoms with Crippen molar-refractivity contribution in [3.8, 4) is 0 Å². The van der Waals surface area contributed by atoms with E-state index >= 15 is 0 Å². The number of rotatable bonds is 8. The summed E-state index contributed by atoms with van der Waals surface area (Å²) in [7, 11) is 8.07. The predicted molar refractivity (Wildman–Crippen MR) is 107 cm³/mol. The number of benzene rings is 1. The Balaban J connectivity index is 1.99. The van der Waals surface area contributed by atoms with Gasteiger partial charge in [-0.2, -0.15) is 0 Å². The summed E-state index contributed by atoms with van der Waals surface area (Å²) in [6.07, 6.45) is 0. The van der Waals surface area contributed by atoms with Gasteiger partial charge in [0.2, 0.25) is 0 Å². The Morgan fingerprint density at radius 3 is 2.69 bits per heavy atom. The first-order valence-electron chi connectivity index (χ1n) is 8.67. The molecule has 0 aliphatic rings. The van der Waals surface area contributed by atoms with Crippen molar-refractivity contribution in [1.29, 1.82) is 0 Å². The normalized spacial score (nSPS) is 10.8. The Morgan fingerprint density at radius 2 is 2.00 bits per heavy atom. The average molecular weight is 375 g/mol. The number of anilines is 1. The van der Waals surface area contributed by atoms with Gasteiger partial charge in [0.1, 0.15) is 5.82 Å². The molecule has 1 amide bonds. The van der Waals surface area contributed by atoms with Gasteiger partial charge in [-0.25, -0.2) is 9.97 Å². The molecule has 0 bridgehead atoms. The van der Waals surface area contributed by atoms with E-state index in [1.807, 2.05) is 56.3 Å². The van der Waals surface area contributed by atoms with Crippen molar-refractivity contribution in [2.24, 2.45) is 0 Å². The van der Waals surface area contributed by atoms with Gasteiger partial charge in [-0.15, -0.1) is 0 Å². The van der Waals surface area contributed by atoms with Gasteiger partial charge in [-0.05, 0) is 24.6 Å². The summed E-state index contributed by atoms with van der Waals surface area (Å²) < 4.78 is 0. The quantitative estimate of drug-likeness (QED) is 0.534. The lowest BCUT2D eigenvalue weighted by atomic mass is 10.1. The number of hydrogen-bond acceptors (Lipinski definition) is 5. The molecular formula is C19H28N5OS+. The van der Waals surface area contributed by atoms with E-state index in [0.29, 0.717) is 12.1 Å². The molecule has 0 aliphatic carbocycles. The van der Waals surface area contributed by atoms with Gasteiger partial charge in [0.25, 0.3) is 5.91 Å². The summed E-state index contributed by atoms with van der Waals surface area (Å²) in [4.78, 5) is 24.6. The van der Waals surface area contributed by atoms with Gasteiger partial charge in [0, 0.05) is 37.2 Å². The summed E-state index contributed by atoms with van der Waals surface area (Å²) in [6.45, 7) is 3.55. The third-order valence-corrected chi connectivity index (χ3v) is 4.66. The van der Waals surface area contributed by atoms with E-state index in [-0.39, 0.29) is 5.91 Å². The number of aromatic nitrogens is 2. The number of nitrogens with zero attached hydrogens (tertiary/aromatic N) is 3. The van der Waals surface area contributed by atoms with E-state index in [1.165, 1.54) is 4.90 Å². The minimum atomic E-state index is -0.0280. The lowest BCUT2D eigenvalue weighted by Crippen LogP contribution is -3.06. The first-order chi connectivity index (χ1) is 12.3. The predicted octanol–water partition coefficient (Wildman–Crippen LogP) is 1.02. The fourth-order valence-electron chi connectivity index (χ4n) is 2.30. The second kappa shape index (κ2) is 9.54. The molecule has 0 saturated carbocycles. The van der Waals surface area contributed by atoms with Crippen molar-refractivity contribution in [2.75, 3.05) is 46.2 Å². The van der Waals surface area contributed by atoms with Crippen LogP contribution < -0.4 is 15.1 Å². The maximum Gasteiger partial charge on any atom is 0.251 e. The standard InChI is InChI=1S/C19H27N5OS/c1-14-11-17(24(4)5)22-19(21-14)26-13-15-7-6-8-16(12-15)18(25)20-9-10-23(2)3/h6-8,11-12H,9-10,13H2,1-5H3,(H,20,25)/p+1. The number of carbonyl (C=O) groups is 1. The zero-order valence-corrected chi connectivity index (χ0v) is 17.0. The molecule has 1 heterocycles. The third kappa shape index (κ3) is 6.31. The van der Waals surface area contributed by atoms with E-state index in [9.17, 15) is 4.79 Å². The van der Waals surface area contributed by atoms with Crippen LogP contribution in [0.4, 0.5) is 5.82 Å². The van der Waals surface area contributed by atoms with Crippen LogP contribution in [-0.4, -0.2) is 57.2 Å². The van der Waals surface area contributed by atoms with Crippen LogP contribution in [0.1, 0.15) is 21.6 Å². The molecule has 7 heteroatoms. The smallest absolute Gasteiger partial charge is 0.251 e. The van der Waals surface area contributed by atoms with Crippen molar-refractivity contribution in [2.45, 2.75) is 17.8 Å². The molecule has 1 aromatic heterocycles. The number of likely N-dealkylation sites (N-methyl/N-ethyl adjacent to an activating group) is 1. The third-order valence-electron chi connectivity index (χ3n) is 3.75. The number of hydrogen-bond donors (Lipinski definition) is 2. The second-order valence-electron chi connectivity index (χ2n) is 6.75. The average Bonchev–Trinajstić information content (AvgIpc) is 2.59. The van der Waals surface area contributed by atoms with Crippen molar-refractivity contribution < 1.29 is 9.69 Å². The van der Waals surface area contributed by atoms with E-state index in [4.69, 9.17) is 0 Å². The van der Waals surface area contributed by atoms with Crippen LogP contribution >= 0.6 is 11.8 Å². The monoisotopic (exact) mass is 374 g/mol. The van der Waals surface area contributed by atoms with Crippen LogP contribution in [0.5, 0.6) is 0 Å². The number of quaternary nitrogens is 1. The van der Waals surface area contributed by atoms with Crippen molar-refractivity contribution in [1.82, 2.24) is 15.3 Å². The Labute approximate surface area is 160 Å². The van der Waals surface area contributed by atoms with E-state index in [2.05, 4.69) is 29.4 Å². The van der Waals surface area contributed by atoms with Gasteiger partial charge in [-0.1, -0.05) is 23.9 Å². The molecule has 0 saturated heterocycles. The zero-order chi connectivity index (χ0) is 19.1.